The largest absolute Gasteiger partial charge is 0.501 e. The lowest BCUT2D eigenvalue weighted by molar-refractivity contribution is -0.0435. The fraction of sp³-hybridized carbons (Fsp3) is 0.500. The van der Waals surface area contributed by atoms with Crippen molar-refractivity contribution >= 4 is 31.5 Å². The summed E-state index contributed by atoms with van der Waals surface area (Å²) in [5.41, 5.74) is -5.15. The summed E-state index contributed by atoms with van der Waals surface area (Å²) in [6.45, 7) is 1.11. The monoisotopic (exact) mass is 371 g/mol. The van der Waals surface area contributed by atoms with Crippen LogP contribution in [0.2, 0.25) is 0 Å². The van der Waals surface area contributed by atoms with Crippen molar-refractivity contribution in [2.45, 2.75) is 16.8 Å². The minimum Gasteiger partial charge on any atom is -0.370 e. The Morgan fingerprint density at radius 3 is 2.50 bits per heavy atom. The summed E-state index contributed by atoms with van der Waals surface area (Å²) in [7, 11) is -5.32. The molecule has 1 fully saturated rings. The molecule has 2 rings (SSSR count). The predicted octanol–water partition coefficient (Wildman–Crippen LogP) is 3.20. The van der Waals surface area contributed by atoms with Gasteiger partial charge in [0.15, 0.2) is 0 Å². The number of para-hydroxylation sites is 1. The molecule has 1 aromatic rings. The molecule has 8 heteroatoms. The molecule has 0 aromatic heterocycles. The highest BCUT2D eigenvalue weighted by atomic mass is 79.9. The van der Waals surface area contributed by atoms with E-state index < -0.39 is 20.2 Å². The third kappa shape index (κ3) is 2.81. The predicted molar refractivity (Wildman–Crippen MR) is 73.8 cm³/mol. The fourth-order valence-electron chi connectivity index (χ4n) is 2.25. The summed E-state index contributed by atoms with van der Waals surface area (Å²) in [5.74, 6) is 0.316. The molecule has 112 valence electrons. The van der Waals surface area contributed by atoms with Crippen LogP contribution in [0, 0.1) is 5.92 Å². The van der Waals surface area contributed by atoms with Gasteiger partial charge in [0.1, 0.15) is 0 Å². The molecule has 1 aliphatic rings. The van der Waals surface area contributed by atoms with E-state index in [1.807, 2.05) is 0 Å². The van der Waals surface area contributed by atoms with Gasteiger partial charge in [-0.15, -0.1) is 0 Å². The molecular formula is C12H13BrF3NO2S. The quantitative estimate of drug-likeness (QED) is 0.765. The average molecular weight is 372 g/mol. The highest BCUT2D eigenvalue weighted by Gasteiger charge is 2.48. The summed E-state index contributed by atoms with van der Waals surface area (Å²) in [6, 6.07) is 5.29. The van der Waals surface area contributed by atoms with Crippen molar-refractivity contribution in [3.05, 3.63) is 24.3 Å². The number of sulfone groups is 1. The van der Waals surface area contributed by atoms with Gasteiger partial charge < -0.3 is 4.90 Å². The van der Waals surface area contributed by atoms with E-state index in [9.17, 15) is 21.6 Å². The number of benzene rings is 1. The van der Waals surface area contributed by atoms with Gasteiger partial charge in [-0.1, -0.05) is 28.1 Å². The minimum atomic E-state index is -5.32. The zero-order valence-electron chi connectivity index (χ0n) is 10.4. The van der Waals surface area contributed by atoms with Crippen LogP contribution in [0.5, 0.6) is 0 Å². The number of hydrogen-bond donors (Lipinski definition) is 0. The van der Waals surface area contributed by atoms with Crippen LogP contribution in [0.3, 0.4) is 0 Å². The number of halogens is 4. The first-order valence-electron chi connectivity index (χ1n) is 5.98. The SMILES string of the molecule is O=S(=O)(c1ccccc1N1CCC(CBr)C1)C(F)(F)F. The molecule has 0 spiro atoms. The Hall–Kier alpha value is -0.760. The van der Waals surface area contributed by atoms with Crippen LogP contribution in [-0.4, -0.2) is 32.3 Å². The molecule has 0 aliphatic carbocycles. The molecule has 1 unspecified atom stereocenters. The van der Waals surface area contributed by atoms with E-state index in [1.54, 1.807) is 11.0 Å². The lowest BCUT2D eigenvalue weighted by atomic mass is 10.2. The molecule has 0 radical (unpaired) electrons. The Kier molecular flexibility index (Phi) is 4.34. The molecule has 1 saturated heterocycles. The Morgan fingerprint density at radius 2 is 1.95 bits per heavy atom. The van der Waals surface area contributed by atoms with Crippen molar-refractivity contribution in [1.82, 2.24) is 0 Å². The Morgan fingerprint density at radius 1 is 1.30 bits per heavy atom. The summed E-state index contributed by atoms with van der Waals surface area (Å²) in [5, 5.41) is 0.748. The van der Waals surface area contributed by atoms with E-state index in [0.717, 1.165) is 17.8 Å². The molecular weight excluding hydrogens is 359 g/mol. The number of anilines is 1. The Labute approximate surface area is 123 Å². The molecule has 1 aromatic carbocycles. The highest BCUT2D eigenvalue weighted by Crippen LogP contribution is 2.37. The number of rotatable bonds is 3. The van der Waals surface area contributed by atoms with Crippen LogP contribution in [0.4, 0.5) is 18.9 Å². The number of hydrogen-bond acceptors (Lipinski definition) is 3. The van der Waals surface area contributed by atoms with E-state index in [4.69, 9.17) is 0 Å². The van der Waals surface area contributed by atoms with Crippen molar-refractivity contribution in [3.8, 4) is 0 Å². The van der Waals surface area contributed by atoms with Crippen molar-refractivity contribution < 1.29 is 21.6 Å². The summed E-state index contributed by atoms with van der Waals surface area (Å²) >= 11 is 3.34. The highest BCUT2D eigenvalue weighted by molar-refractivity contribution is 9.09. The fourth-order valence-corrected chi connectivity index (χ4v) is 3.76. The van der Waals surface area contributed by atoms with Crippen LogP contribution in [0.25, 0.3) is 0 Å². The van der Waals surface area contributed by atoms with Gasteiger partial charge in [-0.05, 0) is 24.5 Å². The lowest BCUT2D eigenvalue weighted by Gasteiger charge is -2.22. The van der Waals surface area contributed by atoms with Crippen molar-refractivity contribution in [2.75, 3.05) is 23.3 Å². The number of nitrogens with zero attached hydrogens (tertiary/aromatic N) is 1. The molecule has 1 heterocycles. The van der Waals surface area contributed by atoms with Crippen LogP contribution in [-0.2, 0) is 9.84 Å². The molecule has 0 amide bonds. The van der Waals surface area contributed by atoms with Crippen molar-refractivity contribution in [3.63, 3.8) is 0 Å². The molecule has 1 atom stereocenters. The van der Waals surface area contributed by atoms with Gasteiger partial charge in [0.2, 0.25) is 0 Å². The molecule has 3 nitrogen and oxygen atoms in total. The third-order valence-electron chi connectivity index (χ3n) is 3.30. The smallest absolute Gasteiger partial charge is 0.370 e. The Bertz CT molecular complexity index is 589. The normalized spacial score (nSPS) is 20.4. The van der Waals surface area contributed by atoms with E-state index in [-0.39, 0.29) is 5.69 Å². The summed E-state index contributed by atoms with van der Waals surface area (Å²) in [6.07, 6.45) is 0.825. The first-order valence-corrected chi connectivity index (χ1v) is 8.59. The maximum Gasteiger partial charge on any atom is 0.501 e. The first-order chi connectivity index (χ1) is 9.27. The summed E-state index contributed by atoms with van der Waals surface area (Å²) in [4.78, 5) is 1.03. The molecule has 0 saturated carbocycles. The third-order valence-corrected chi connectivity index (χ3v) is 5.75. The van der Waals surface area contributed by atoms with Crippen molar-refractivity contribution in [1.29, 1.82) is 0 Å². The topological polar surface area (TPSA) is 37.4 Å². The second-order valence-corrected chi connectivity index (χ2v) is 7.23. The second-order valence-electron chi connectivity index (χ2n) is 4.67. The first kappa shape index (κ1) is 15.6. The molecule has 0 N–H and O–H groups in total. The van der Waals surface area contributed by atoms with E-state index in [1.165, 1.54) is 12.1 Å². The van der Waals surface area contributed by atoms with E-state index in [0.29, 0.717) is 19.0 Å². The maximum atomic E-state index is 12.7. The van der Waals surface area contributed by atoms with Crippen LogP contribution in [0.1, 0.15) is 6.42 Å². The number of alkyl halides is 4. The Balaban J connectivity index is 2.43. The van der Waals surface area contributed by atoms with E-state index in [2.05, 4.69) is 15.9 Å². The van der Waals surface area contributed by atoms with Crippen LogP contribution in [0.15, 0.2) is 29.2 Å². The summed E-state index contributed by atoms with van der Waals surface area (Å²) < 4.78 is 61.4. The zero-order valence-corrected chi connectivity index (χ0v) is 12.8. The van der Waals surface area contributed by atoms with Gasteiger partial charge >= 0.3 is 5.51 Å². The molecule has 20 heavy (non-hydrogen) atoms. The maximum absolute atomic E-state index is 12.7. The van der Waals surface area contributed by atoms with E-state index >= 15 is 0 Å². The van der Waals surface area contributed by atoms with Gasteiger partial charge in [-0.3, -0.25) is 0 Å². The van der Waals surface area contributed by atoms with Gasteiger partial charge in [0.25, 0.3) is 9.84 Å². The molecule has 1 aliphatic heterocycles. The van der Waals surface area contributed by atoms with Gasteiger partial charge in [0.05, 0.1) is 10.6 Å². The van der Waals surface area contributed by atoms with Crippen LogP contribution < -0.4 is 4.90 Å². The van der Waals surface area contributed by atoms with Crippen molar-refractivity contribution in [2.24, 2.45) is 5.92 Å². The second kappa shape index (κ2) is 5.55. The molecule has 0 bridgehead atoms. The zero-order chi connectivity index (χ0) is 15.0. The van der Waals surface area contributed by atoms with Gasteiger partial charge in [-0.2, -0.15) is 13.2 Å². The average Bonchev–Trinajstić information content (AvgIpc) is 2.86. The van der Waals surface area contributed by atoms with Crippen LogP contribution >= 0.6 is 15.9 Å². The lowest BCUT2D eigenvalue weighted by Crippen LogP contribution is -2.27. The van der Waals surface area contributed by atoms with Gasteiger partial charge in [-0.25, -0.2) is 8.42 Å². The van der Waals surface area contributed by atoms with Gasteiger partial charge in [0, 0.05) is 18.4 Å². The minimum absolute atomic E-state index is 0.133. The standard InChI is InChI=1S/C12H13BrF3NO2S/c13-7-9-5-6-17(8-9)10-3-1-2-4-11(10)20(18,19)12(14,15)16/h1-4,9H,5-8H2.